The van der Waals surface area contributed by atoms with Gasteiger partial charge in [-0.25, -0.2) is 0 Å². The molecule has 8 heteroatoms. The van der Waals surface area contributed by atoms with Gasteiger partial charge in [-0.2, -0.15) is 0 Å². The van der Waals surface area contributed by atoms with Crippen LogP contribution < -0.4 is 14.8 Å². The van der Waals surface area contributed by atoms with Gasteiger partial charge in [0.05, 0.1) is 33.9 Å². The topological polar surface area (TPSA) is 100 Å². The number of ketones is 1. The van der Waals surface area contributed by atoms with Crippen LogP contribution in [0.3, 0.4) is 0 Å². The average molecular weight is 604 g/mol. The number of amides is 1. The van der Waals surface area contributed by atoms with Gasteiger partial charge in [-0.3, -0.25) is 9.59 Å². The first-order chi connectivity index (χ1) is 21.3. The number of unbranched alkanes of at least 4 members (excludes halogenated alkanes) is 1. The third kappa shape index (κ3) is 9.95. The summed E-state index contributed by atoms with van der Waals surface area (Å²) in [6.45, 7) is 4.32. The summed E-state index contributed by atoms with van der Waals surface area (Å²) in [7, 11) is 3.27. The van der Waals surface area contributed by atoms with Crippen LogP contribution >= 0.6 is 0 Å². The normalized spacial score (nSPS) is 11.8. The SMILES string of the molecule is CCC(=O)NCCCCC(COC(=O)CCC(C)=O)COC(c1ccccc1)(c1ccc(OC)cc1)c1ccc(OC)cc1. The summed E-state index contributed by atoms with van der Waals surface area (Å²) in [6, 6.07) is 25.7. The molecule has 0 heterocycles. The van der Waals surface area contributed by atoms with Crippen molar-refractivity contribution in [1.82, 2.24) is 5.32 Å². The molecule has 0 spiro atoms. The van der Waals surface area contributed by atoms with Crippen molar-refractivity contribution in [3.05, 3.63) is 95.6 Å². The second kappa shape index (κ2) is 17.8. The first kappa shape index (κ1) is 34.3. The lowest BCUT2D eigenvalue weighted by Gasteiger charge is -2.37. The van der Waals surface area contributed by atoms with Crippen molar-refractivity contribution in [1.29, 1.82) is 0 Å². The smallest absolute Gasteiger partial charge is 0.306 e. The van der Waals surface area contributed by atoms with E-state index in [0.717, 1.165) is 47.5 Å². The maximum atomic E-state index is 12.4. The van der Waals surface area contributed by atoms with E-state index in [4.69, 9.17) is 18.9 Å². The zero-order valence-corrected chi connectivity index (χ0v) is 26.3. The highest BCUT2D eigenvalue weighted by Gasteiger charge is 2.38. The molecular weight excluding hydrogens is 558 g/mol. The van der Waals surface area contributed by atoms with Gasteiger partial charge in [0.15, 0.2) is 0 Å². The molecule has 0 bridgehead atoms. The van der Waals surface area contributed by atoms with Gasteiger partial charge in [0.2, 0.25) is 5.91 Å². The average Bonchev–Trinajstić information content (AvgIpc) is 3.06. The Morgan fingerprint density at radius 1 is 0.750 bits per heavy atom. The molecule has 0 saturated heterocycles. The van der Waals surface area contributed by atoms with Crippen LogP contribution in [0.15, 0.2) is 78.9 Å². The summed E-state index contributed by atoms with van der Waals surface area (Å²) >= 11 is 0. The number of rotatable bonds is 19. The van der Waals surface area contributed by atoms with E-state index in [1.807, 2.05) is 85.8 Å². The van der Waals surface area contributed by atoms with E-state index in [0.29, 0.717) is 13.0 Å². The van der Waals surface area contributed by atoms with E-state index in [1.54, 1.807) is 14.2 Å². The standard InChI is InChI=1S/C36H45NO7/c1-5-34(39)37-24-10-9-11-28(25-43-35(40)23-14-27(2)38)26-44-36(29-12-7-6-8-13-29,30-15-19-32(41-3)20-16-30)31-17-21-33(42-4)22-18-31/h6-8,12-13,15-22,28H,5,9-11,14,23-26H2,1-4H3,(H,37,39). The van der Waals surface area contributed by atoms with Crippen molar-refractivity contribution < 1.29 is 33.3 Å². The minimum absolute atomic E-state index is 0.0240. The number of methoxy groups -OCH3 is 2. The Bertz CT molecular complexity index is 1260. The highest BCUT2D eigenvalue weighted by Crippen LogP contribution is 2.42. The third-order valence-electron chi connectivity index (χ3n) is 7.55. The highest BCUT2D eigenvalue weighted by atomic mass is 16.5. The molecule has 3 aromatic rings. The van der Waals surface area contributed by atoms with Crippen molar-refractivity contribution in [2.24, 2.45) is 5.92 Å². The van der Waals surface area contributed by atoms with Crippen LogP contribution in [0.25, 0.3) is 0 Å². The van der Waals surface area contributed by atoms with E-state index in [-0.39, 0.29) is 43.7 Å². The lowest BCUT2D eigenvalue weighted by atomic mass is 9.79. The van der Waals surface area contributed by atoms with E-state index in [1.165, 1.54) is 6.92 Å². The molecule has 1 N–H and O–H groups in total. The molecule has 1 unspecified atom stereocenters. The monoisotopic (exact) mass is 603 g/mol. The third-order valence-corrected chi connectivity index (χ3v) is 7.55. The molecular formula is C36H45NO7. The first-order valence-electron chi connectivity index (χ1n) is 15.2. The predicted molar refractivity (Wildman–Crippen MR) is 170 cm³/mol. The minimum atomic E-state index is -0.994. The quantitative estimate of drug-likeness (QED) is 0.0984. The van der Waals surface area contributed by atoms with Gasteiger partial charge in [-0.05, 0) is 60.7 Å². The van der Waals surface area contributed by atoms with Crippen molar-refractivity contribution in [3.63, 3.8) is 0 Å². The van der Waals surface area contributed by atoms with E-state index in [9.17, 15) is 14.4 Å². The van der Waals surface area contributed by atoms with Gasteiger partial charge >= 0.3 is 5.97 Å². The number of esters is 1. The summed E-state index contributed by atoms with van der Waals surface area (Å²) in [6.07, 6.45) is 2.98. The van der Waals surface area contributed by atoms with Gasteiger partial charge in [-0.15, -0.1) is 0 Å². The molecule has 0 aliphatic heterocycles. The van der Waals surface area contributed by atoms with Crippen LogP contribution in [-0.2, 0) is 29.5 Å². The first-order valence-corrected chi connectivity index (χ1v) is 15.2. The molecule has 0 saturated carbocycles. The van der Waals surface area contributed by atoms with E-state index < -0.39 is 11.6 Å². The number of hydrogen-bond donors (Lipinski definition) is 1. The van der Waals surface area contributed by atoms with E-state index >= 15 is 0 Å². The number of carbonyl (C=O) groups excluding carboxylic acids is 3. The van der Waals surface area contributed by atoms with Crippen molar-refractivity contribution in [2.45, 2.75) is 58.0 Å². The van der Waals surface area contributed by atoms with Gasteiger partial charge in [0, 0.05) is 25.3 Å². The molecule has 0 aliphatic carbocycles. The van der Waals surface area contributed by atoms with Gasteiger partial charge < -0.3 is 29.1 Å². The second-order valence-electron chi connectivity index (χ2n) is 10.8. The molecule has 236 valence electrons. The lowest BCUT2D eigenvalue weighted by molar-refractivity contribution is -0.147. The zero-order valence-electron chi connectivity index (χ0n) is 26.3. The maximum absolute atomic E-state index is 12.4. The number of nitrogens with one attached hydrogen (secondary N) is 1. The molecule has 0 aliphatic rings. The molecule has 3 rings (SSSR count). The zero-order chi connectivity index (χ0) is 31.8. The summed E-state index contributed by atoms with van der Waals surface area (Å²) in [5.41, 5.74) is 1.77. The Morgan fingerprint density at radius 3 is 1.84 bits per heavy atom. The number of hydrogen-bond acceptors (Lipinski definition) is 7. The second-order valence-corrected chi connectivity index (χ2v) is 10.8. The number of benzene rings is 3. The van der Waals surface area contributed by atoms with Gasteiger partial charge in [0.25, 0.3) is 0 Å². The highest BCUT2D eigenvalue weighted by molar-refractivity contribution is 5.81. The Morgan fingerprint density at radius 2 is 1.32 bits per heavy atom. The molecule has 0 aromatic heterocycles. The summed E-state index contributed by atoms with van der Waals surface area (Å²) in [5.74, 6) is 0.906. The van der Waals surface area contributed by atoms with Gasteiger partial charge in [-0.1, -0.05) is 67.9 Å². The van der Waals surface area contributed by atoms with Crippen molar-refractivity contribution in [3.8, 4) is 11.5 Å². The Balaban J connectivity index is 1.94. The number of ether oxygens (including phenoxy) is 4. The van der Waals surface area contributed by atoms with Crippen LogP contribution in [-0.4, -0.2) is 51.6 Å². The molecule has 1 amide bonds. The van der Waals surface area contributed by atoms with Gasteiger partial charge in [0.1, 0.15) is 22.9 Å². The van der Waals surface area contributed by atoms with Crippen LogP contribution in [0, 0.1) is 5.92 Å². The molecule has 0 radical (unpaired) electrons. The summed E-state index contributed by atoms with van der Waals surface area (Å²) in [4.78, 5) is 35.5. The molecule has 8 nitrogen and oxygen atoms in total. The van der Waals surface area contributed by atoms with Crippen LogP contribution in [0.1, 0.15) is 69.1 Å². The molecule has 1 atom stereocenters. The Kier molecular flexibility index (Phi) is 13.9. The fraction of sp³-hybridized carbons (Fsp3) is 0.417. The lowest BCUT2D eigenvalue weighted by Crippen LogP contribution is -2.35. The fourth-order valence-electron chi connectivity index (χ4n) is 5.00. The Labute approximate surface area is 261 Å². The largest absolute Gasteiger partial charge is 0.497 e. The molecule has 44 heavy (non-hydrogen) atoms. The van der Waals surface area contributed by atoms with Crippen LogP contribution in [0.2, 0.25) is 0 Å². The summed E-state index contributed by atoms with van der Waals surface area (Å²) in [5, 5.41) is 2.92. The molecule has 0 fully saturated rings. The van der Waals surface area contributed by atoms with Crippen LogP contribution in [0.5, 0.6) is 11.5 Å². The summed E-state index contributed by atoms with van der Waals surface area (Å²) < 4.78 is 23.6. The van der Waals surface area contributed by atoms with Crippen LogP contribution in [0.4, 0.5) is 0 Å². The van der Waals surface area contributed by atoms with E-state index in [2.05, 4.69) is 5.32 Å². The molecule has 3 aromatic carbocycles. The minimum Gasteiger partial charge on any atom is -0.497 e. The Hall–Kier alpha value is -4.17. The maximum Gasteiger partial charge on any atom is 0.306 e. The fourth-order valence-corrected chi connectivity index (χ4v) is 5.00. The number of carbonyl (C=O) groups is 3. The predicted octanol–water partition coefficient (Wildman–Crippen LogP) is 6.24. The van der Waals surface area contributed by atoms with Crippen molar-refractivity contribution in [2.75, 3.05) is 34.0 Å². The number of Topliss-reactive ketones (excluding diaryl/α,β-unsaturated/α-hetero) is 1. The van der Waals surface area contributed by atoms with Crippen molar-refractivity contribution >= 4 is 17.7 Å².